The van der Waals surface area contributed by atoms with E-state index in [1.807, 2.05) is 27.7 Å². The fourth-order valence-electron chi connectivity index (χ4n) is 3.00. The first-order valence-corrected chi connectivity index (χ1v) is 8.80. The minimum Gasteiger partial charge on any atom is -0.478 e. The molecule has 0 radical (unpaired) electrons. The van der Waals surface area contributed by atoms with Crippen molar-refractivity contribution in [2.75, 3.05) is 0 Å². The second-order valence-electron chi connectivity index (χ2n) is 6.47. The number of nitrogens with one attached hydrogen (secondary N) is 1. The average molecular weight is 360 g/mol. The van der Waals surface area contributed by atoms with Gasteiger partial charge in [0.1, 0.15) is 0 Å². The summed E-state index contributed by atoms with van der Waals surface area (Å²) in [6.07, 6.45) is 0.426. The van der Waals surface area contributed by atoms with Crippen molar-refractivity contribution in [2.45, 2.75) is 40.0 Å². The number of aromatic carboxylic acids is 1. The van der Waals surface area contributed by atoms with E-state index in [0.29, 0.717) is 16.0 Å². The lowest BCUT2D eigenvalue weighted by Crippen LogP contribution is -2.22. The summed E-state index contributed by atoms with van der Waals surface area (Å²) in [6.45, 7) is 7.75. The van der Waals surface area contributed by atoms with Crippen LogP contribution in [0.3, 0.4) is 0 Å². The van der Waals surface area contributed by atoms with E-state index < -0.39 is 5.97 Å². The zero-order chi connectivity index (χ0) is 18.5. The molecule has 3 aromatic rings. The second kappa shape index (κ2) is 6.11. The van der Waals surface area contributed by atoms with Gasteiger partial charge in [-0.05, 0) is 19.8 Å². The molecule has 3 aromatic heterocycles. The molecule has 25 heavy (non-hydrogen) atoms. The van der Waals surface area contributed by atoms with Crippen molar-refractivity contribution in [1.82, 2.24) is 20.0 Å². The van der Waals surface area contributed by atoms with Gasteiger partial charge in [-0.2, -0.15) is 10.2 Å². The molecule has 0 atom stereocenters. The standard InChI is InChI=1S/C17H20N4O3S/c1-7(2)14-15-13(16(22)21(5)20-14)12(17(23)24)11(25-15)6-10-8(3)18-19-9(10)4/h7H,6H2,1-5H3,(H,18,19)(H,23,24). The van der Waals surface area contributed by atoms with Crippen molar-refractivity contribution >= 4 is 27.4 Å². The van der Waals surface area contributed by atoms with E-state index in [-0.39, 0.29) is 22.4 Å². The molecule has 0 aliphatic carbocycles. The van der Waals surface area contributed by atoms with Crippen LogP contribution in [0.5, 0.6) is 0 Å². The van der Waals surface area contributed by atoms with Crippen LogP contribution < -0.4 is 5.56 Å². The van der Waals surface area contributed by atoms with Crippen LogP contribution in [0.2, 0.25) is 0 Å². The number of nitrogens with zero attached hydrogens (tertiary/aromatic N) is 3. The van der Waals surface area contributed by atoms with Crippen LogP contribution >= 0.6 is 11.3 Å². The monoisotopic (exact) mass is 360 g/mol. The molecular weight excluding hydrogens is 340 g/mol. The van der Waals surface area contributed by atoms with E-state index in [4.69, 9.17) is 0 Å². The molecule has 0 spiro atoms. The van der Waals surface area contributed by atoms with Crippen LogP contribution in [0.4, 0.5) is 0 Å². The van der Waals surface area contributed by atoms with Crippen molar-refractivity contribution < 1.29 is 9.90 Å². The van der Waals surface area contributed by atoms with Crippen LogP contribution in [0.25, 0.3) is 10.1 Å². The first kappa shape index (κ1) is 17.3. The van der Waals surface area contributed by atoms with Gasteiger partial charge < -0.3 is 5.11 Å². The number of hydrogen-bond donors (Lipinski definition) is 2. The summed E-state index contributed by atoms with van der Waals surface area (Å²) in [5.74, 6) is -1.00. The Morgan fingerprint density at radius 3 is 2.56 bits per heavy atom. The Kier molecular flexibility index (Phi) is 4.24. The Morgan fingerprint density at radius 1 is 1.36 bits per heavy atom. The number of fused-ring (bicyclic) bond motifs is 1. The molecule has 2 N–H and O–H groups in total. The minimum atomic E-state index is -1.09. The summed E-state index contributed by atoms with van der Waals surface area (Å²) >= 11 is 1.35. The van der Waals surface area contributed by atoms with Crippen LogP contribution in [0.1, 0.15) is 57.6 Å². The smallest absolute Gasteiger partial charge is 0.337 e. The zero-order valence-corrected chi connectivity index (χ0v) is 15.6. The van der Waals surface area contributed by atoms with Gasteiger partial charge in [0.2, 0.25) is 0 Å². The summed E-state index contributed by atoms with van der Waals surface area (Å²) in [5.41, 5.74) is 3.16. The van der Waals surface area contributed by atoms with Gasteiger partial charge >= 0.3 is 5.97 Å². The number of aryl methyl sites for hydroxylation is 3. The average Bonchev–Trinajstić information content (AvgIpc) is 3.06. The van der Waals surface area contributed by atoms with Crippen molar-refractivity contribution in [3.05, 3.63) is 43.4 Å². The number of rotatable bonds is 4. The summed E-state index contributed by atoms with van der Waals surface area (Å²) in [5, 5.41) is 21.5. The lowest BCUT2D eigenvalue weighted by molar-refractivity contribution is 0.0698. The fourth-order valence-corrected chi connectivity index (χ4v) is 4.43. The third-order valence-corrected chi connectivity index (χ3v) is 5.57. The summed E-state index contributed by atoms with van der Waals surface area (Å²) < 4.78 is 1.90. The zero-order valence-electron chi connectivity index (χ0n) is 14.8. The number of aromatic nitrogens is 4. The van der Waals surface area contributed by atoms with Gasteiger partial charge in [-0.3, -0.25) is 9.89 Å². The van der Waals surface area contributed by atoms with Gasteiger partial charge in [0.25, 0.3) is 5.56 Å². The molecule has 0 amide bonds. The lowest BCUT2D eigenvalue weighted by atomic mass is 10.0. The van der Waals surface area contributed by atoms with Crippen molar-refractivity contribution in [3.8, 4) is 0 Å². The molecule has 3 rings (SSSR count). The van der Waals surface area contributed by atoms with Crippen LogP contribution in [0, 0.1) is 13.8 Å². The number of H-pyrrole nitrogens is 1. The molecule has 0 fully saturated rings. The van der Waals surface area contributed by atoms with Crippen LogP contribution in [-0.2, 0) is 13.5 Å². The van der Waals surface area contributed by atoms with E-state index in [0.717, 1.165) is 22.6 Å². The topological polar surface area (TPSA) is 101 Å². The largest absolute Gasteiger partial charge is 0.478 e. The van der Waals surface area contributed by atoms with E-state index >= 15 is 0 Å². The third-order valence-electron chi connectivity index (χ3n) is 4.36. The molecule has 132 valence electrons. The molecule has 8 heteroatoms. The van der Waals surface area contributed by atoms with Crippen LogP contribution in [0.15, 0.2) is 4.79 Å². The Labute approximate surface area is 148 Å². The number of hydrogen-bond acceptors (Lipinski definition) is 5. The molecule has 0 aromatic carbocycles. The predicted molar refractivity (Wildman–Crippen MR) is 96.8 cm³/mol. The highest BCUT2D eigenvalue weighted by Gasteiger charge is 2.26. The van der Waals surface area contributed by atoms with Gasteiger partial charge in [-0.25, -0.2) is 9.48 Å². The summed E-state index contributed by atoms with van der Waals surface area (Å²) in [6, 6.07) is 0. The summed E-state index contributed by atoms with van der Waals surface area (Å²) in [4.78, 5) is 25.2. The molecule has 0 bridgehead atoms. The van der Waals surface area contributed by atoms with Crippen LogP contribution in [-0.4, -0.2) is 31.1 Å². The quantitative estimate of drug-likeness (QED) is 0.745. The van der Waals surface area contributed by atoms with Crippen molar-refractivity contribution in [2.24, 2.45) is 7.05 Å². The summed E-state index contributed by atoms with van der Waals surface area (Å²) in [7, 11) is 1.56. The second-order valence-corrected chi connectivity index (χ2v) is 7.57. The van der Waals surface area contributed by atoms with E-state index in [1.54, 1.807) is 7.05 Å². The molecule has 3 heterocycles. The first-order valence-electron chi connectivity index (χ1n) is 7.98. The predicted octanol–water partition coefficient (Wildman–Crippen LogP) is 2.75. The van der Waals surface area contributed by atoms with Gasteiger partial charge in [-0.1, -0.05) is 13.8 Å². The number of carboxylic acids is 1. The molecule has 7 nitrogen and oxygen atoms in total. The Balaban J connectivity index is 2.35. The van der Waals surface area contributed by atoms with Gasteiger partial charge in [0, 0.05) is 29.6 Å². The normalized spacial score (nSPS) is 11.6. The number of aromatic amines is 1. The number of carbonyl (C=O) groups is 1. The number of carboxylic acid groups (broad SMARTS) is 1. The van der Waals surface area contributed by atoms with Gasteiger partial charge in [0.05, 0.1) is 27.0 Å². The molecular formula is C17H20N4O3S. The molecule has 0 aliphatic rings. The van der Waals surface area contributed by atoms with Gasteiger partial charge in [0.15, 0.2) is 0 Å². The molecule has 0 unspecified atom stereocenters. The van der Waals surface area contributed by atoms with E-state index in [2.05, 4.69) is 15.3 Å². The maximum Gasteiger partial charge on any atom is 0.337 e. The fraction of sp³-hybridized carbons (Fsp3) is 0.412. The minimum absolute atomic E-state index is 0.0832. The van der Waals surface area contributed by atoms with E-state index in [9.17, 15) is 14.7 Å². The SMILES string of the molecule is Cc1n[nH]c(C)c1Cc1sc2c(C(C)C)nn(C)c(=O)c2c1C(=O)O. The Morgan fingerprint density at radius 2 is 2.04 bits per heavy atom. The van der Waals surface area contributed by atoms with Gasteiger partial charge in [-0.15, -0.1) is 11.3 Å². The van der Waals surface area contributed by atoms with E-state index in [1.165, 1.54) is 16.0 Å². The Bertz CT molecular complexity index is 1020. The highest BCUT2D eigenvalue weighted by Crippen LogP contribution is 2.35. The maximum absolute atomic E-state index is 12.6. The lowest BCUT2D eigenvalue weighted by Gasteiger charge is -2.07. The third kappa shape index (κ3) is 2.76. The molecule has 0 saturated carbocycles. The highest BCUT2D eigenvalue weighted by atomic mass is 32.1. The number of thiophene rings is 1. The molecule has 0 aliphatic heterocycles. The Hall–Kier alpha value is -2.48. The molecule has 0 saturated heterocycles. The van der Waals surface area contributed by atoms with Crippen molar-refractivity contribution in [1.29, 1.82) is 0 Å². The van der Waals surface area contributed by atoms with Crippen molar-refractivity contribution in [3.63, 3.8) is 0 Å². The maximum atomic E-state index is 12.6. The highest BCUT2D eigenvalue weighted by molar-refractivity contribution is 7.19. The first-order chi connectivity index (χ1) is 11.7.